The Morgan fingerprint density at radius 1 is 1.17 bits per heavy atom. The molecule has 92 valence electrons. The molecule has 4 nitrogen and oxygen atoms in total. The van der Waals surface area contributed by atoms with E-state index in [1.54, 1.807) is 25.3 Å². The van der Waals surface area contributed by atoms with Gasteiger partial charge in [0.2, 0.25) is 0 Å². The lowest BCUT2D eigenvalue weighted by molar-refractivity contribution is 0.102. The van der Waals surface area contributed by atoms with Crippen molar-refractivity contribution in [3.8, 4) is 5.75 Å². The monoisotopic (exact) mass is 242 g/mol. The number of ether oxygens (including phenoxy) is 1. The summed E-state index contributed by atoms with van der Waals surface area (Å²) in [6.45, 7) is 0. The maximum atomic E-state index is 12.1. The second-order valence-electron chi connectivity index (χ2n) is 3.77. The molecule has 0 unspecified atom stereocenters. The van der Waals surface area contributed by atoms with Gasteiger partial charge in [-0.05, 0) is 30.3 Å². The minimum Gasteiger partial charge on any atom is -0.497 e. The van der Waals surface area contributed by atoms with Gasteiger partial charge in [0.1, 0.15) is 5.75 Å². The molecule has 4 heteroatoms. The summed E-state index contributed by atoms with van der Waals surface area (Å²) in [7, 11) is 1.55. The van der Waals surface area contributed by atoms with Crippen LogP contribution in [-0.4, -0.2) is 13.0 Å². The van der Waals surface area contributed by atoms with Crippen molar-refractivity contribution in [2.75, 3.05) is 18.2 Å². The molecule has 0 heterocycles. The molecule has 0 spiro atoms. The summed E-state index contributed by atoms with van der Waals surface area (Å²) in [5.41, 5.74) is 7.33. The zero-order valence-electron chi connectivity index (χ0n) is 10.0. The number of benzene rings is 2. The van der Waals surface area contributed by atoms with E-state index in [1.165, 1.54) is 0 Å². The summed E-state index contributed by atoms with van der Waals surface area (Å²) >= 11 is 0. The van der Waals surface area contributed by atoms with Gasteiger partial charge in [-0.3, -0.25) is 4.79 Å². The average Bonchev–Trinajstić information content (AvgIpc) is 2.40. The fraction of sp³-hybridized carbons (Fsp3) is 0.0714. The highest BCUT2D eigenvalue weighted by atomic mass is 16.5. The Bertz CT molecular complexity index is 553. The Balaban J connectivity index is 2.23. The molecule has 0 atom stereocenters. The summed E-state index contributed by atoms with van der Waals surface area (Å²) < 4.78 is 5.07. The molecule has 0 aliphatic carbocycles. The lowest BCUT2D eigenvalue weighted by Crippen LogP contribution is -2.14. The van der Waals surface area contributed by atoms with Crippen LogP contribution in [0.15, 0.2) is 48.5 Å². The van der Waals surface area contributed by atoms with Crippen LogP contribution in [0.3, 0.4) is 0 Å². The average molecular weight is 242 g/mol. The van der Waals surface area contributed by atoms with Gasteiger partial charge in [0.15, 0.2) is 0 Å². The number of methoxy groups -OCH3 is 1. The van der Waals surface area contributed by atoms with Crippen LogP contribution in [0.4, 0.5) is 11.4 Å². The van der Waals surface area contributed by atoms with E-state index in [2.05, 4.69) is 5.32 Å². The third kappa shape index (κ3) is 2.60. The predicted octanol–water partition coefficient (Wildman–Crippen LogP) is 2.53. The number of para-hydroxylation sites is 1. The molecule has 2 aromatic rings. The zero-order valence-corrected chi connectivity index (χ0v) is 10.0. The third-order valence-corrected chi connectivity index (χ3v) is 2.54. The van der Waals surface area contributed by atoms with Crippen molar-refractivity contribution in [2.24, 2.45) is 0 Å². The van der Waals surface area contributed by atoms with Gasteiger partial charge >= 0.3 is 0 Å². The van der Waals surface area contributed by atoms with E-state index in [0.29, 0.717) is 17.0 Å². The van der Waals surface area contributed by atoms with Crippen LogP contribution >= 0.6 is 0 Å². The van der Waals surface area contributed by atoms with E-state index in [-0.39, 0.29) is 5.91 Å². The van der Waals surface area contributed by atoms with Crippen molar-refractivity contribution >= 4 is 17.3 Å². The van der Waals surface area contributed by atoms with Crippen molar-refractivity contribution in [3.63, 3.8) is 0 Å². The first-order valence-corrected chi connectivity index (χ1v) is 5.50. The molecule has 2 rings (SSSR count). The summed E-state index contributed by atoms with van der Waals surface area (Å²) in [6, 6.07) is 14.2. The molecule has 0 saturated heterocycles. The highest BCUT2D eigenvalue weighted by molar-refractivity contribution is 6.07. The number of carbonyl (C=O) groups excluding carboxylic acids is 1. The molecule has 18 heavy (non-hydrogen) atoms. The molecule has 3 N–H and O–H groups in total. The van der Waals surface area contributed by atoms with Crippen LogP contribution in [0.2, 0.25) is 0 Å². The third-order valence-electron chi connectivity index (χ3n) is 2.54. The summed E-state index contributed by atoms with van der Waals surface area (Å²) in [5.74, 6) is 0.347. The minimum atomic E-state index is -0.252. The van der Waals surface area contributed by atoms with Crippen LogP contribution in [0.5, 0.6) is 5.75 Å². The van der Waals surface area contributed by atoms with Crippen molar-refractivity contribution in [1.82, 2.24) is 0 Å². The smallest absolute Gasteiger partial charge is 0.257 e. The van der Waals surface area contributed by atoms with Crippen LogP contribution in [0.1, 0.15) is 10.4 Å². The van der Waals surface area contributed by atoms with E-state index in [9.17, 15) is 4.79 Å². The molecule has 0 radical (unpaired) electrons. The fourth-order valence-corrected chi connectivity index (χ4v) is 1.58. The molecule has 1 amide bonds. The van der Waals surface area contributed by atoms with Crippen LogP contribution in [0.25, 0.3) is 0 Å². The van der Waals surface area contributed by atoms with E-state index >= 15 is 0 Å². The molecule has 0 aliphatic heterocycles. The van der Waals surface area contributed by atoms with E-state index in [1.807, 2.05) is 30.3 Å². The van der Waals surface area contributed by atoms with Gasteiger partial charge < -0.3 is 15.8 Å². The van der Waals surface area contributed by atoms with Gasteiger partial charge in [-0.25, -0.2) is 0 Å². The molecule has 0 aliphatic rings. The summed E-state index contributed by atoms with van der Waals surface area (Å²) in [4.78, 5) is 12.1. The van der Waals surface area contributed by atoms with Crippen molar-refractivity contribution in [3.05, 3.63) is 54.1 Å². The SMILES string of the molecule is COc1ccc(N)c(C(=O)Nc2ccccc2)c1. The van der Waals surface area contributed by atoms with Crippen molar-refractivity contribution < 1.29 is 9.53 Å². The molecular weight excluding hydrogens is 228 g/mol. The molecule has 0 aromatic heterocycles. The minimum absolute atomic E-state index is 0.252. The summed E-state index contributed by atoms with van der Waals surface area (Å²) in [5, 5.41) is 2.78. The van der Waals surface area contributed by atoms with E-state index < -0.39 is 0 Å². The Morgan fingerprint density at radius 2 is 1.89 bits per heavy atom. The Hall–Kier alpha value is -2.49. The fourth-order valence-electron chi connectivity index (χ4n) is 1.58. The highest BCUT2D eigenvalue weighted by Crippen LogP contribution is 2.20. The van der Waals surface area contributed by atoms with Gasteiger partial charge in [0.25, 0.3) is 5.91 Å². The van der Waals surface area contributed by atoms with Crippen LogP contribution in [0, 0.1) is 0 Å². The van der Waals surface area contributed by atoms with Gasteiger partial charge in [-0.2, -0.15) is 0 Å². The number of anilines is 2. The van der Waals surface area contributed by atoms with E-state index in [0.717, 1.165) is 5.69 Å². The summed E-state index contributed by atoms with van der Waals surface area (Å²) in [6.07, 6.45) is 0. The van der Waals surface area contributed by atoms with Crippen molar-refractivity contribution in [2.45, 2.75) is 0 Å². The first-order chi connectivity index (χ1) is 8.70. The Kier molecular flexibility index (Phi) is 3.48. The number of amides is 1. The van der Waals surface area contributed by atoms with Crippen molar-refractivity contribution in [1.29, 1.82) is 0 Å². The lowest BCUT2D eigenvalue weighted by Gasteiger charge is -2.09. The lowest BCUT2D eigenvalue weighted by atomic mass is 10.1. The second kappa shape index (κ2) is 5.23. The first-order valence-electron chi connectivity index (χ1n) is 5.50. The maximum Gasteiger partial charge on any atom is 0.257 e. The molecule has 0 saturated carbocycles. The number of nitrogens with two attached hydrogens (primary N) is 1. The van der Waals surface area contributed by atoms with Gasteiger partial charge in [-0.1, -0.05) is 18.2 Å². The Labute approximate surface area is 105 Å². The van der Waals surface area contributed by atoms with Crippen LogP contribution < -0.4 is 15.8 Å². The number of hydrogen-bond donors (Lipinski definition) is 2. The van der Waals surface area contributed by atoms with Crippen LogP contribution in [-0.2, 0) is 0 Å². The maximum absolute atomic E-state index is 12.1. The number of hydrogen-bond acceptors (Lipinski definition) is 3. The molecule has 2 aromatic carbocycles. The number of rotatable bonds is 3. The second-order valence-corrected chi connectivity index (χ2v) is 3.77. The standard InChI is InChI=1S/C14H14N2O2/c1-18-11-7-8-13(15)12(9-11)14(17)16-10-5-3-2-4-6-10/h2-9H,15H2,1H3,(H,16,17). The van der Waals surface area contributed by atoms with Gasteiger partial charge in [0.05, 0.1) is 12.7 Å². The predicted molar refractivity (Wildman–Crippen MR) is 71.8 cm³/mol. The van der Waals surface area contributed by atoms with Gasteiger partial charge in [-0.15, -0.1) is 0 Å². The number of nitrogens with one attached hydrogen (secondary N) is 1. The largest absolute Gasteiger partial charge is 0.497 e. The highest BCUT2D eigenvalue weighted by Gasteiger charge is 2.11. The topological polar surface area (TPSA) is 64.3 Å². The molecule has 0 bridgehead atoms. The molecular formula is C14H14N2O2. The number of carbonyl (C=O) groups is 1. The molecule has 0 fully saturated rings. The van der Waals surface area contributed by atoms with Gasteiger partial charge in [0, 0.05) is 11.4 Å². The zero-order chi connectivity index (χ0) is 13.0. The Morgan fingerprint density at radius 3 is 2.56 bits per heavy atom. The van der Waals surface area contributed by atoms with E-state index in [4.69, 9.17) is 10.5 Å². The number of nitrogen functional groups attached to an aromatic ring is 1. The first kappa shape index (κ1) is 12.0. The quantitative estimate of drug-likeness (QED) is 0.813. The normalized spacial score (nSPS) is 9.83.